The largest absolute Gasteiger partial charge is 0.319 e. The van der Waals surface area contributed by atoms with E-state index in [0.717, 1.165) is 18.2 Å². The van der Waals surface area contributed by atoms with Crippen LogP contribution in [0, 0.1) is 13.8 Å². The van der Waals surface area contributed by atoms with Crippen LogP contribution in [0.4, 0.5) is 22.9 Å². The summed E-state index contributed by atoms with van der Waals surface area (Å²) >= 11 is 0. The van der Waals surface area contributed by atoms with Crippen molar-refractivity contribution in [3.63, 3.8) is 0 Å². The zero-order valence-corrected chi connectivity index (χ0v) is 15.6. The fraction of sp³-hybridized carbons (Fsp3) is 0.125. The van der Waals surface area contributed by atoms with Gasteiger partial charge in [-0.3, -0.25) is 0 Å². The van der Waals surface area contributed by atoms with E-state index in [2.05, 4.69) is 96.4 Å². The topological polar surface area (TPSA) is 19.4 Å². The van der Waals surface area contributed by atoms with Crippen molar-refractivity contribution in [2.24, 2.45) is 0 Å². The molecular formula is C24H21N3. The Morgan fingerprint density at radius 3 is 2.19 bits per heavy atom. The fourth-order valence-corrected chi connectivity index (χ4v) is 4.11. The molecule has 3 heteroatoms. The predicted molar refractivity (Wildman–Crippen MR) is 113 cm³/mol. The highest BCUT2D eigenvalue weighted by Crippen LogP contribution is 2.47. The van der Waals surface area contributed by atoms with Crippen LogP contribution < -0.4 is 9.80 Å². The number of aromatic nitrogens is 1. The lowest BCUT2D eigenvalue weighted by Gasteiger charge is -2.25. The Balaban J connectivity index is 1.79. The molecule has 3 nitrogen and oxygen atoms in total. The fourth-order valence-electron chi connectivity index (χ4n) is 4.11. The molecule has 27 heavy (non-hydrogen) atoms. The average Bonchev–Trinajstić information content (AvgIpc) is 3.08. The Morgan fingerprint density at radius 1 is 0.704 bits per heavy atom. The highest BCUT2D eigenvalue weighted by molar-refractivity contribution is 6.04. The molecule has 1 aromatic heterocycles. The van der Waals surface area contributed by atoms with Crippen LogP contribution in [0.5, 0.6) is 0 Å². The van der Waals surface area contributed by atoms with Gasteiger partial charge in [-0.1, -0.05) is 60.7 Å². The lowest BCUT2D eigenvalue weighted by molar-refractivity contribution is 0.972. The van der Waals surface area contributed by atoms with Gasteiger partial charge in [0.1, 0.15) is 6.67 Å². The Bertz CT molecular complexity index is 1110. The summed E-state index contributed by atoms with van der Waals surface area (Å²) in [6, 6.07) is 25.5. The van der Waals surface area contributed by atoms with E-state index >= 15 is 0 Å². The maximum Gasteiger partial charge on any atom is 0.159 e. The van der Waals surface area contributed by atoms with Crippen molar-refractivity contribution >= 4 is 33.7 Å². The molecule has 4 aromatic rings. The first-order valence-corrected chi connectivity index (χ1v) is 9.28. The van der Waals surface area contributed by atoms with E-state index in [9.17, 15) is 0 Å². The van der Waals surface area contributed by atoms with Gasteiger partial charge in [0.05, 0.1) is 5.69 Å². The van der Waals surface area contributed by atoms with Crippen LogP contribution >= 0.6 is 0 Å². The second-order valence-corrected chi connectivity index (χ2v) is 7.09. The van der Waals surface area contributed by atoms with Crippen LogP contribution in [-0.2, 0) is 0 Å². The van der Waals surface area contributed by atoms with Crippen LogP contribution in [0.1, 0.15) is 11.1 Å². The van der Waals surface area contributed by atoms with E-state index in [4.69, 9.17) is 4.98 Å². The molecule has 1 aliphatic rings. The van der Waals surface area contributed by atoms with Gasteiger partial charge in [-0.15, -0.1) is 0 Å². The minimum Gasteiger partial charge on any atom is -0.319 e. The van der Waals surface area contributed by atoms with Gasteiger partial charge < -0.3 is 9.80 Å². The average molecular weight is 351 g/mol. The molecule has 0 aliphatic carbocycles. The van der Waals surface area contributed by atoms with Gasteiger partial charge in [0.15, 0.2) is 5.82 Å². The van der Waals surface area contributed by atoms with Gasteiger partial charge >= 0.3 is 0 Å². The Kier molecular flexibility index (Phi) is 3.61. The molecule has 0 bridgehead atoms. The van der Waals surface area contributed by atoms with Crippen LogP contribution in [0.15, 0.2) is 79.0 Å². The van der Waals surface area contributed by atoms with Gasteiger partial charge in [-0.25, -0.2) is 4.98 Å². The van der Waals surface area contributed by atoms with Crippen LogP contribution in [-0.4, -0.2) is 11.7 Å². The molecule has 0 amide bonds. The molecule has 0 unspecified atom stereocenters. The van der Waals surface area contributed by atoms with Crippen molar-refractivity contribution in [2.45, 2.75) is 13.8 Å². The predicted octanol–water partition coefficient (Wildman–Crippen LogP) is 6.10. The highest BCUT2D eigenvalue weighted by Gasteiger charge is 2.32. The molecule has 0 saturated heterocycles. The SMILES string of the molecule is Cc1cccc(C)c1N1CN(c2ccccc2)c2ncc3ccccc3c21. The highest BCUT2D eigenvalue weighted by atomic mass is 15.4. The smallest absolute Gasteiger partial charge is 0.159 e. The number of hydrogen-bond acceptors (Lipinski definition) is 3. The number of nitrogens with zero attached hydrogens (tertiary/aromatic N) is 3. The molecule has 0 saturated carbocycles. The number of rotatable bonds is 2. The third-order valence-electron chi connectivity index (χ3n) is 5.34. The minimum absolute atomic E-state index is 0.756. The number of pyridine rings is 1. The number of para-hydroxylation sites is 2. The summed E-state index contributed by atoms with van der Waals surface area (Å²) in [6.45, 7) is 5.13. The third-order valence-corrected chi connectivity index (χ3v) is 5.34. The van der Waals surface area contributed by atoms with E-state index in [0.29, 0.717) is 0 Å². The molecule has 2 heterocycles. The van der Waals surface area contributed by atoms with Gasteiger partial charge in [-0.2, -0.15) is 0 Å². The molecule has 0 fully saturated rings. The minimum atomic E-state index is 0.756. The number of anilines is 4. The maximum absolute atomic E-state index is 4.86. The first kappa shape index (κ1) is 15.9. The van der Waals surface area contributed by atoms with Crippen molar-refractivity contribution in [1.82, 2.24) is 4.98 Å². The standard InChI is InChI=1S/C24H21N3/c1-17-9-8-10-18(2)22(17)27-16-26(20-12-4-3-5-13-20)24-23(27)21-14-7-6-11-19(21)15-25-24/h3-15H,16H2,1-2H3. The van der Waals surface area contributed by atoms with Gasteiger partial charge in [0, 0.05) is 28.3 Å². The van der Waals surface area contributed by atoms with Crippen LogP contribution in [0.3, 0.4) is 0 Å². The molecule has 132 valence electrons. The van der Waals surface area contributed by atoms with Crippen molar-refractivity contribution in [3.8, 4) is 0 Å². The normalized spacial score (nSPS) is 13.3. The second kappa shape index (κ2) is 6.13. The van der Waals surface area contributed by atoms with E-state index in [-0.39, 0.29) is 0 Å². The molecule has 5 rings (SSSR count). The zero-order chi connectivity index (χ0) is 18.4. The molecule has 3 aromatic carbocycles. The summed E-state index contributed by atoms with van der Waals surface area (Å²) in [5.74, 6) is 1.02. The van der Waals surface area contributed by atoms with E-state index in [1.165, 1.54) is 33.3 Å². The van der Waals surface area contributed by atoms with Crippen molar-refractivity contribution in [1.29, 1.82) is 0 Å². The molecule has 0 atom stereocenters. The molecule has 0 spiro atoms. The summed E-state index contributed by atoms with van der Waals surface area (Å²) in [5, 5.41) is 2.41. The van der Waals surface area contributed by atoms with Gasteiger partial charge in [-0.05, 0) is 37.1 Å². The van der Waals surface area contributed by atoms with Crippen molar-refractivity contribution < 1.29 is 0 Å². The Labute approximate surface area is 159 Å². The number of aryl methyl sites for hydroxylation is 2. The van der Waals surface area contributed by atoms with E-state index in [1.54, 1.807) is 0 Å². The first-order chi connectivity index (χ1) is 13.2. The summed E-state index contributed by atoms with van der Waals surface area (Å²) in [4.78, 5) is 9.58. The van der Waals surface area contributed by atoms with Crippen LogP contribution in [0.2, 0.25) is 0 Å². The Hall–Kier alpha value is -3.33. The van der Waals surface area contributed by atoms with E-state index in [1.807, 2.05) is 6.20 Å². The van der Waals surface area contributed by atoms with Crippen LogP contribution in [0.25, 0.3) is 10.8 Å². The van der Waals surface area contributed by atoms with E-state index < -0.39 is 0 Å². The number of fused-ring (bicyclic) bond motifs is 3. The lowest BCUT2D eigenvalue weighted by atomic mass is 10.1. The molecule has 1 aliphatic heterocycles. The summed E-state index contributed by atoms with van der Waals surface area (Å²) < 4.78 is 0. The first-order valence-electron chi connectivity index (χ1n) is 9.28. The Morgan fingerprint density at radius 2 is 1.41 bits per heavy atom. The van der Waals surface area contributed by atoms with Crippen molar-refractivity contribution in [3.05, 3.63) is 90.1 Å². The number of benzene rings is 3. The molecule has 0 radical (unpaired) electrons. The van der Waals surface area contributed by atoms with Gasteiger partial charge in [0.25, 0.3) is 0 Å². The zero-order valence-electron chi connectivity index (χ0n) is 15.6. The lowest BCUT2D eigenvalue weighted by Crippen LogP contribution is -2.25. The van der Waals surface area contributed by atoms with Crippen molar-refractivity contribution in [2.75, 3.05) is 16.5 Å². The summed E-state index contributed by atoms with van der Waals surface area (Å²) in [5.41, 5.74) is 6.19. The maximum atomic E-state index is 4.86. The second-order valence-electron chi connectivity index (χ2n) is 7.09. The quantitative estimate of drug-likeness (QED) is 0.435. The molecule has 0 N–H and O–H groups in total. The van der Waals surface area contributed by atoms with Gasteiger partial charge in [0.2, 0.25) is 0 Å². The summed E-state index contributed by atoms with van der Waals surface area (Å²) in [6.07, 6.45) is 1.98. The number of hydrogen-bond donors (Lipinski definition) is 0. The monoisotopic (exact) mass is 351 g/mol. The third kappa shape index (κ3) is 2.47. The molecular weight excluding hydrogens is 330 g/mol. The summed E-state index contributed by atoms with van der Waals surface area (Å²) in [7, 11) is 0.